The SMILES string of the molecule is CCNC(=NCC(CO)c1ccccc1)NCCc1ccc(Cl)nc1. The van der Waals surface area contributed by atoms with Crippen LogP contribution >= 0.6 is 11.6 Å². The molecule has 0 aliphatic carbocycles. The van der Waals surface area contributed by atoms with Crippen LogP contribution in [0.4, 0.5) is 0 Å². The number of aliphatic hydroxyl groups is 1. The summed E-state index contributed by atoms with van der Waals surface area (Å²) in [6.07, 6.45) is 2.61. The Balaban J connectivity index is 1.89. The van der Waals surface area contributed by atoms with Crippen molar-refractivity contribution >= 4 is 17.6 Å². The molecule has 1 aromatic heterocycles. The van der Waals surface area contributed by atoms with E-state index in [1.807, 2.05) is 43.3 Å². The zero-order valence-electron chi connectivity index (χ0n) is 14.5. The van der Waals surface area contributed by atoms with E-state index in [2.05, 4.69) is 20.6 Å². The van der Waals surface area contributed by atoms with E-state index in [0.29, 0.717) is 11.7 Å². The summed E-state index contributed by atoms with van der Waals surface area (Å²) < 4.78 is 0. The second kappa shape index (κ2) is 10.7. The molecule has 3 N–H and O–H groups in total. The van der Waals surface area contributed by atoms with Gasteiger partial charge in [0.2, 0.25) is 0 Å². The molecule has 0 aliphatic rings. The monoisotopic (exact) mass is 360 g/mol. The molecular weight excluding hydrogens is 336 g/mol. The summed E-state index contributed by atoms with van der Waals surface area (Å²) in [6.45, 7) is 4.15. The molecule has 1 atom stereocenters. The second-order valence-corrected chi connectivity index (χ2v) is 6.06. The van der Waals surface area contributed by atoms with Gasteiger partial charge in [-0.3, -0.25) is 4.99 Å². The molecule has 0 aliphatic heterocycles. The van der Waals surface area contributed by atoms with E-state index in [-0.39, 0.29) is 12.5 Å². The van der Waals surface area contributed by atoms with Gasteiger partial charge in [0.1, 0.15) is 5.15 Å². The van der Waals surface area contributed by atoms with Gasteiger partial charge in [0.25, 0.3) is 0 Å². The van der Waals surface area contributed by atoms with Crippen LogP contribution in [0.3, 0.4) is 0 Å². The maximum atomic E-state index is 9.64. The van der Waals surface area contributed by atoms with Gasteiger partial charge in [-0.25, -0.2) is 4.98 Å². The largest absolute Gasteiger partial charge is 0.396 e. The van der Waals surface area contributed by atoms with E-state index in [4.69, 9.17) is 11.6 Å². The number of benzene rings is 1. The van der Waals surface area contributed by atoms with Crippen molar-refractivity contribution in [2.75, 3.05) is 26.2 Å². The lowest BCUT2D eigenvalue weighted by Crippen LogP contribution is -2.38. The maximum absolute atomic E-state index is 9.64. The molecule has 2 aromatic rings. The van der Waals surface area contributed by atoms with Crippen molar-refractivity contribution in [2.24, 2.45) is 4.99 Å². The van der Waals surface area contributed by atoms with E-state index in [1.54, 1.807) is 12.3 Å². The van der Waals surface area contributed by atoms with Crippen molar-refractivity contribution in [2.45, 2.75) is 19.3 Å². The smallest absolute Gasteiger partial charge is 0.191 e. The molecule has 1 aromatic carbocycles. The Morgan fingerprint density at radius 1 is 1.20 bits per heavy atom. The minimum atomic E-state index is -0.00267. The third-order valence-corrected chi connectivity index (χ3v) is 4.02. The highest BCUT2D eigenvalue weighted by Gasteiger charge is 2.09. The van der Waals surface area contributed by atoms with Crippen LogP contribution < -0.4 is 10.6 Å². The first-order valence-electron chi connectivity index (χ1n) is 8.51. The van der Waals surface area contributed by atoms with Crippen LogP contribution in [0.15, 0.2) is 53.7 Å². The fourth-order valence-electron chi connectivity index (χ4n) is 2.42. The summed E-state index contributed by atoms with van der Waals surface area (Å²) >= 11 is 5.80. The molecule has 0 amide bonds. The lowest BCUT2D eigenvalue weighted by atomic mass is 10.0. The molecule has 0 spiro atoms. The normalized spacial score (nSPS) is 12.7. The zero-order chi connectivity index (χ0) is 17.9. The summed E-state index contributed by atoms with van der Waals surface area (Å²) in [6, 6.07) is 13.7. The highest BCUT2D eigenvalue weighted by atomic mass is 35.5. The van der Waals surface area contributed by atoms with E-state index < -0.39 is 0 Å². The lowest BCUT2D eigenvalue weighted by Gasteiger charge is -2.15. The summed E-state index contributed by atoms with van der Waals surface area (Å²) in [5, 5.41) is 16.7. The number of aliphatic imine (C=N–C) groups is 1. The molecule has 0 saturated carbocycles. The van der Waals surface area contributed by atoms with Crippen molar-refractivity contribution in [3.8, 4) is 0 Å². The topological polar surface area (TPSA) is 69.5 Å². The minimum Gasteiger partial charge on any atom is -0.396 e. The minimum absolute atomic E-state index is 0.00267. The van der Waals surface area contributed by atoms with Crippen LogP contribution in [0.2, 0.25) is 5.15 Å². The number of aromatic nitrogens is 1. The summed E-state index contributed by atoms with van der Waals surface area (Å²) in [7, 11) is 0. The van der Waals surface area contributed by atoms with Crippen molar-refractivity contribution in [3.63, 3.8) is 0 Å². The number of aliphatic hydroxyl groups excluding tert-OH is 1. The van der Waals surface area contributed by atoms with Crippen LogP contribution in [0.5, 0.6) is 0 Å². The van der Waals surface area contributed by atoms with Gasteiger partial charge < -0.3 is 15.7 Å². The molecule has 0 bridgehead atoms. The molecule has 1 unspecified atom stereocenters. The Labute approximate surface area is 154 Å². The summed E-state index contributed by atoms with van der Waals surface area (Å²) in [5.74, 6) is 0.746. The van der Waals surface area contributed by atoms with Gasteiger partial charge in [-0.05, 0) is 30.5 Å². The number of nitrogens with zero attached hydrogens (tertiary/aromatic N) is 2. The Morgan fingerprint density at radius 2 is 2.00 bits per heavy atom. The molecule has 6 heteroatoms. The average molecular weight is 361 g/mol. The van der Waals surface area contributed by atoms with Gasteiger partial charge in [-0.2, -0.15) is 0 Å². The first-order chi connectivity index (χ1) is 12.2. The molecule has 2 rings (SSSR count). The highest BCUT2D eigenvalue weighted by Crippen LogP contribution is 2.14. The van der Waals surface area contributed by atoms with Gasteiger partial charge in [0.15, 0.2) is 5.96 Å². The quantitative estimate of drug-likeness (QED) is 0.384. The Bertz CT molecular complexity index is 646. The number of halogens is 1. The first kappa shape index (κ1) is 19.2. The predicted octanol–water partition coefficient (Wildman–Crippen LogP) is 2.61. The highest BCUT2D eigenvalue weighted by molar-refractivity contribution is 6.29. The Morgan fingerprint density at radius 3 is 2.64 bits per heavy atom. The molecule has 0 saturated heterocycles. The fraction of sp³-hybridized carbons (Fsp3) is 0.368. The molecule has 134 valence electrons. The molecule has 0 fully saturated rings. The first-order valence-corrected chi connectivity index (χ1v) is 8.89. The fourth-order valence-corrected chi connectivity index (χ4v) is 2.53. The van der Waals surface area contributed by atoms with Crippen LogP contribution in [0.1, 0.15) is 24.0 Å². The number of rotatable bonds is 8. The average Bonchev–Trinajstić information content (AvgIpc) is 2.64. The van der Waals surface area contributed by atoms with E-state index in [1.165, 1.54) is 0 Å². The lowest BCUT2D eigenvalue weighted by molar-refractivity contribution is 0.268. The van der Waals surface area contributed by atoms with Crippen molar-refractivity contribution in [3.05, 3.63) is 64.9 Å². The Hall–Kier alpha value is -2.11. The molecular formula is C19H25ClN4O. The second-order valence-electron chi connectivity index (χ2n) is 5.68. The maximum Gasteiger partial charge on any atom is 0.191 e. The van der Waals surface area contributed by atoms with E-state index in [9.17, 15) is 5.11 Å². The number of hydrogen-bond acceptors (Lipinski definition) is 3. The van der Waals surface area contributed by atoms with Crippen LogP contribution in [-0.4, -0.2) is 42.3 Å². The van der Waals surface area contributed by atoms with Gasteiger partial charge in [0.05, 0.1) is 13.2 Å². The summed E-state index contributed by atoms with van der Waals surface area (Å²) in [5.41, 5.74) is 2.21. The third-order valence-electron chi connectivity index (χ3n) is 3.80. The number of pyridine rings is 1. The van der Waals surface area contributed by atoms with Gasteiger partial charge >= 0.3 is 0 Å². The van der Waals surface area contributed by atoms with Gasteiger partial charge in [0, 0.05) is 25.2 Å². The van der Waals surface area contributed by atoms with E-state index >= 15 is 0 Å². The standard InChI is InChI=1S/C19H25ClN4O/c1-2-21-19(22-11-10-15-8-9-18(20)23-12-15)24-13-17(14-25)16-6-4-3-5-7-16/h3-9,12,17,25H,2,10-11,13-14H2,1H3,(H2,21,22,24). The van der Waals surface area contributed by atoms with Crippen molar-refractivity contribution < 1.29 is 5.11 Å². The molecule has 25 heavy (non-hydrogen) atoms. The van der Waals surface area contributed by atoms with Crippen LogP contribution in [0.25, 0.3) is 0 Å². The molecule has 1 heterocycles. The summed E-state index contributed by atoms with van der Waals surface area (Å²) in [4.78, 5) is 8.69. The zero-order valence-corrected chi connectivity index (χ0v) is 15.2. The van der Waals surface area contributed by atoms with Crippen molar-refractivity contribution in [1.29, 1.82) is 0 Å². The number of hydrogen-bond donors (Lipinski definition) is 3. The Kier molecular flexibility index (Phi) is 8.22. The number of nitrogens with one attached hydrogen (secondary N) is 2. The molecule has 5 nitrogen and oxygen atoms in total. The number of guanidine groups is 1. The van der Waals surface area contributed by atoms with Crippen LogP contribution in [0, 0.1) is 0 Å². The van der Waals surface area contributed by atoms with Crippen LogP contribution in [-0.2, 0) is 6.42 Å². The van der Waals surface area contributed by atoms with Gasteiger partial charge in [-0.1, -0.05) is 48.0 Å². The van der Waals surface area contributed by atoms with E-state index in [0.717, 1.165) is 36.6 Å². The predicted molar refractivity (Wildman–Crippen MR) is 103 cm³/mol. The third kappa shape index (κ3) is 6.72. The van der Waals surface area contributed by atoms with Crippen molar-refractivity contribution in [1.82, 2.24) is 15.6 Å². The molecule has 0 radical (unpaired) electrons. The van der Waals surface area contributed by atoms with Gasteiger partial charge in [-0.15, -0.1) is 0 Å².